The lowest BCUT2D eigenvalue weighted by Crippen LogP contribution is -2.18. The molecule has 4 N–H and O–H groups in total. The highest BCUT2D eigenvalue weighted by Crippen LogP contribution is 2.35. The monoisotopic (exact) mass is 311 g/mol. The van der Waals surface area contributed by atoms with Gasteiger partial charge in [-0.25, -0.2) is 5.84 Å². The number of benzene rings is 1. The van der Waals surface area contributed by atoms with E-state index in [0.29, 0.717) is 23.7 Å². The molecule has 0 unspecified atom stereocenters. The number of carbonyl (C=O) groups excluding carboxylic acids is 1. The van der Waals surface area contributed by atoms with Crippen molar-refractivity contribution in [1.82, 2.24) is 5.43 Å². The van der Waals surface area contributed by atoms with E-state index in [0.717, 1.165) is 5.69 Å². The first kappa shape index (κ1) is 17.3. The van der Waals surface area contributed by atoms with Gasteiger partial charge in [0.05, 0.1) is 12.8 Å². The van der Waals surface area contributed by atoms with Crippen molar-refractivity contribution in [2.75, 3.05) is 19.5 Å². The van der Waals surface area contributed by atoms with Crippen LogP contribution in [0.5, 0.6) is 11.5 Å². The topological polar surface area (TPSA) is 98.8 Å². The van der Waals surface area contributed by atoms with Crippen molar-refractivity contribution in [1.29, 1.82) is 0 Å². The van der Waals surface area contributed by atoms with Gasteiger partial charge in [0.2, 0.25) is 6.41 Å². The summed E-state index contributed by atoms with van der Waals surface area (Å²) in [5, 5.41) is 3.00. The van der Waals surface area contributed by atoms with Crippen molar-refractivity contribution < 1.29 is 23.1 Å². The van der Waals surface area contributed by atoms with E-state index in [1.807, 2.05) is 12.1 Å². The number of nitrogens with one attached hydrogen (secondary N) is 2. The molecule has 0 saturated carbocycles. The lowest BCUT2D eigenvalue weighted by Gasteiger charge is -2.13. The fourth-order valence-corrected chi connectivity index (χ4v) is 1.59. The van der Waals surface area contributed by atoms with Crippen LogP contribution in [0.4, 0.5) is 10.1 Å². The molecule has 8 heteroatoms. The molecule has 0 aliphatic heterocycles. The Balaban J connectivity index is 0.000000541. The number of halogens is 1. The number of methoxy groups -OCH3 is 1. The smallest absolute Gasteiger partial charge is 0.278 e. The average molecular weight is 311 g/mol. The summed E-state index contributed by atoms with van der Waals surface area (Å²) in [6.07, 6.45) is 0.403. The first-order valence-corrected chi connectivity index (χ1v) is 6.27. The molecule has 0 spiro atoms. The molecular weight excluding hydrogens is 293 g/mol. The Labute approximate surface area is 127 Å². The number of amides is 1. The molecule has 7 nitrogen and oxygen atoms in total. The maximum Gasteiger partial charge on any atom is 0.278 e. The molecule has 0 aliphatic rings. The maximum atomic E-state index is 12.7. The molecule has 0 radical (unpaired) electrons. The van der Waals surface area contributed by atoms with Crippen molar-refractivity contribution in [3.8, 4) is 11.5 Å². The van der Waals surface area contributed by atoms with Crippen molar-refractivity contribution >= 4 is 12.1 Å². The van der Waals surface area contributed by atoms with Gasteiger partial charge in [0, 0.05) is 13.1 Å². The number of para-hydroxylation sites is 1. The van der Waals surface area contributed by atoms with Gasteiger partial charge in [-0.15, -0.1) is 0 Å². The minimum atomic E-state index is -0.623. The molecule has 1 aromatic carbocycles. The Hall–Kier alpha value is -2.74. The first-order chi connectivity index (χ1) is 10.7. The number of furan rings is 1. The predicted octanol–water partition coefficient (Wildman–Crippen LogP) is 1.65. The van der Waals surface area contributed by atoms with Gasteiger partial charge in [-0.2, -0.15) is 4.39 Å². The summed E-state index contributed by atoms with van der Waals surface area (Å²) in [7, 11) is 3.35. The zero-order valence-corrected chi connectivity index (χ0v) is 12.3. The van der Waals surface area contributed by atoms with Crippen LogP contribution in [0.1, 0.15) is 5.76 Å². The van der Waals surface area contributed by atoms with E-state index in [1.54, 1.807) is 25.6 Å². The van der Waals surface area contributed by atoms with Crippen molar-refractivity contribution in [3.05, 3.63) is 42.1 Å². The van der Waals surface area contributed by atoms with E-state index in [2.05, 4.69) is 11.2 Å². The van der Waals surface area contributed by atoms with Crippen LogP contribution >= 0.6 is 0 Å². The van der Waals surface area contributed by atoms with E-state index in [1.165, 1.54) is 12.1 Å². The summed E-state index contributed by atoms with van der Waals surface area (Å²) in [4.78, 5) is 8.94. The maximum absolute atomic E-state index is 12.7. The van der Waals surface area contributed by atoms with Crippen LogP contribution in [0.3, 0.4) is 0 Å². The van der Waals surface area contributed by atoms with Gasteiger partial charge in [-0.3, -0.25) is 10.2 Å². The number of hydrazine groups is 1. The summed E-state index contributed by atoms with van der Waals surface area (Å²) >= 11 is 0. The van der Waals surface area contributed by atoms with E-state index < -0.39 is 6.01 Å². The van der Waals surface area contributed by atoms with Gasteiger partial charge in [-0.1, -0.05) is 6.07 Å². The second kappa shape index (κ2) is 9.24. The SMILES string of the molecule is CNc1cccc(OC)c1OCc1ccc(F)o1.NNC=O. The third-order valence-corrected chi connectivity index (χ3v) is 2.52. The number of hydrogen-bond donors (Lipinski definition) is 3. The third-order valence-electron chi connectivity index (χ3n) is 2.52. The van der Waals surface area contributed by atoms with Crippen LogP contribution < -0.4 is 26.1 Å². The molecule has 2 rings (SSSR count). The third kappa shape index (κ3) is 4.98. The Morgan fingerprint density at radius 1 is 1.36 bits per heavy atom. The second-order valence-corrected chi connectivity index (χ2v) is 3.87. The minimum Gasteiger partial charge on any atom is -0.493 e. The standard InChI is InChI=1S/C13H14FNO3.CH4N2O/c1-15-10-4-3-5-11(16-2)13(10)17-8-9-6-7-12(14)18-9;2-3-1-4/h3-7,15H,8H2,1-2H3;1H,2H2,(H,3,4). The van der Waals surface area contributed by atoms with E-state index in [4.69, 9.17) is 18.7 Å². The number of rotatable bonds is 6. The summed E-state index contributed by atoms with van der Waals surface area (Å²) in [5.74, 6) is 6.00. The van der Waals surface area contributed by atoms with Crippen LogP contribution in [0, 0.1) is 6.01 Å². The number of anilines is 1. The van der Waals surface area contributed by atoms with Gasteiger partial charge in [0.1, 0.15) is 12.4 Å². The van der Waals surface area contributed by atoms with Crippen LogP contribution in [-0.2, 0) is 11.4 Å². The normalized spacial score (nSPS) is 9.27. The zero-order chi connectivity index (χ0) is 16.4. The number of carbonyl (C=O) groups is 1. The Morgan fingerprint density at radius 2 is 2.09 bits per heavy atom. The summed E-state index contributed by atoms with van der Waals surface area (Å²) in [5.41, 5.74) is 2.54. The van der Waals surface area contributed by atoms with Crippen LogP contribution in [0.25, 0.3) is 0 Å². The zero-order valence-electron chi connectivity index (χ0n) is 12.3. The fraction of sp³-hybridized carbons (Fsp3) is 0.214. The Bertz CT molecular complexity index is 567. The molecule has 1 amide bonds. The highest BCUT2D eigenvalue weighted by Gasteiger charge is 2.11. The van der Waals surface area contributed by atoms with Gasteiger partial charge in [0.15, 0.2) is 11.5 Å². The van der Waals surface area contributed by atoms with E-state index in [9.17, 15) is 4.39 Å². The van der Waals surface area contributed by atoms with Crippen LogP contribution in [0.15, 0.2) is 34.7 Å². The Kier molecular flexibility index (Phi) is 7.27. The van der Waals surface area contributed by atoms with Crippen molar-refractivity contribution in [3.63, 3.8) is 0 Å². The van der Waals surface area contributed by atoms with Gasteiger partial charge in [-0.05, 0) is 18.2 Å². The highest BCUT2D eigenvalue weighted by molar-refractivity contribution is 5.62. The number of nitrogens with two attached hydrogens (primary N) is 1. The van der Waals surface area contributed by atoms with Crippen molar-refractivity contribution in [2.45, 2.75) is 6.61 Å². The lowest BCUT2D eigenvalue weighted by molar-refractivity contribution is -0.109. The molecule has 1 heterocycles. The molecule has 1 aromatic heterocycles. The average Bonchev–Trinajstić information content (AvgIpc) is 2.98. The van der Waals surface area contributed by atoms with Crippen LogP contribution in [-0.4, -0.2) is 20.6 Å². The quantitative estimate of drug-likeness (QED) is 0.325. The first-order valence-electron chi connectivity index (χ1n) is 6.27. The highest BCUT2D eigenvalue weighted by atomic mass is 19.1. The minimum absolute atomic E-state index is 0.138. The van der Waals surface area contributed by atoms with Gasteiger partial charge < -0.3 is 19.2 Å². The summed E-state index contributed by atoms with van der Waals surface area (Å²) in [6.45, 7) is 0.138. The summed E-state index contributed by atoms with van der Waals surface area (Å²) in [6, 6.07) is 7.66. The predicted molar refractivity (Wildman–Crippen MR) is 78.9 cm³/mol. The Morgan fingerprint density at radius 3 is 2.59 bits per heavy atom. The second-order valence-electron chi connectivity index (χ2n) is 3.87. The summed E-state index contributed by atoms with van der Waals surface area (Å²) < 4.78 is 28.3. The molecule has 0 fully saturated rings. The van der Waals surface area contributed by atoms with Gasteiger partial charge in [0.25, 0.3) is 6.01 Å². The van der Waals surface area contributed by atoms with Crippen LogP contribution in [0.2, 0.25) is 0 Å². The van der Waals surface area contributed by atoms with E-state index in [-0.39, 0.29) is 6.61 Å². The molecule has 22 heavy (non-hydrogen) atoms. The fourth-order valence-electron chi connectivity index (χ4n) is 1.59. The number of ether oxygens (including phenoxy) is 2. The molecule has 0 saturated heterocycles. The van der Waals surface area contributed by atoms with Crippen molar-refractivity contribution in [2.24, 2.45) is 5.84 Å². The number of hydrogen-bond acceptors (Lipinski definition) is 6. The molecule has 0 atom stereocenters. The molecular formula is C14H18FN3O4. The van der Waals surface area contributed by atoms with Gasteiger partial charge >= 0.3 is 0 Å². The molecule has 0 aliphatic carbocycles. The molecule has 0 bridgehead atoms. The molecule has 120 valence electrons. The largest absolute Gasteiger partial charge is 0.493 e. The lowest BCUT2D eigenvalue weighted by atomic mass is 10.2. The van der Waals surface area contributed by atoms with E-state index >= 15 is 0 Å². The molecule has 2 aromatic rings.